The molecule has 0 unspecified atom stereocenters. The Kier molecular flexibility index (Phi) is 12.6. The highest BCUT2D eigenvalue weighted by molar-refractivity contribution is 5.93. The number of carbonyl (C=O) groups excluding carboxylic acids is 1. The van der Waals surface area contributed by atoms with Crippen molar-refractivity contribution in [2.45, 2.75) is 55.4 Å². The van der Waals surface area contributed by atoms with Crippen LogP contribution in [-0.2, 0) is 4.74 Å². The van der Waals surface area contributed by atoms with Crippen LogP contribution < -0.4 is 35.2 Å². The Morgan fingerprint density at radius 1 is 0.508 bits per heavy atom. The molecule has 15 heteroatoms. The van der Waals surface area contributed by atoms with Crippen molar-refractivity contribution in [3.63, 3.8) is 0 Å². The number of hydrogen-bond donors (Lipinski definition) is 0. The van der Waals surface area contributed by atoms with Crippen LogP contribution in [0.15, 0.2) is 82.2 Å². The number of fused-ring (bicyclic) bond motifs is 6. The lowest BCUT2D eigenvalue weighted by atomic mass is 9.99. The van der Waals surface area contributed by atoms with Crippen LogP contribution in [0, 0.1) is 48.5 Å². The summed E-state index contributed by atoms with van der Waals surface area (Å²) in [6.45, 7) is 15.1. The molecule has 0 fully saturated rings. The van der Waals surface area contributed by atoms with Crippen LogP contribution >= 0.6 is 0 Å². The van der Waals surface area contributed by atoms with Crippen LogP contribution in [-0.4, -0.2) is 56.0 Å². The number of benzene rings is 6. The fourth-order valence-electron chi connectivity index (χ4n) is 7.47. The Balaban J connectivity index is 0.000000146. The Labute approximate surface area is 372 Å². The van der Waals surface area contributed by atoms with Crippen molar-refractivity contribution < 1.29 is 41.7 Å². The molecule has 3 aromatic rings. The number of carbonyl (C=O) groups is 1. The first-order valence-corrected chi connectivity index (χ1v) is 20.5. The Bertz CT molecular complexity index is 3400. The van der Waals surface area contributed by atoms with Gasteiger partial charge >= 0.3 is 5.97 Å². The molecule has 3 aromatic carbocycles. The summed E-state index contributed by atoms with van der Waals surface area (Å²) in [6, 6.07) is 16.1. The smallest absolute Gasteiger partial charge is 0.337 e. The molecule has 0 amide bonds. The van der Waals surface area contributed by atoms with Crippen LogP contribution in [0.5, 0.6) is 23.0 Å². The molecule has 6 aliphatic rings. The summed E-state index contributed by atoms with van der Waals surface area (Å²) in [4.78, 5) is 62.2. The van der Waals surface area contributed by atoms with Gasteiger partial charge < -0.3 is 36.9 Å². The lowest BCUT2D eigenvalue weighted by Crippen LogP contribution is -2.14. The second-order valence-electron chi connectivity index (χ2n) is 15.2. The van der Waals surface area contributed by atoms with Gasteiger partial charge in [0.25, 0.3) is 0 Å². The number of hydrogen-bond acceptors (Lipinski definition) is 15. The molecule has 3 heterocycles. The van der Waals surface area contributed by atoms with E-state index in [-0.39, 0.29) is 22.0 Å². The molecule has 0 radical (unpaired) electrons. The largest absolute Gasteiger partial charge is 0.494 e. The van der Waals surface area contributed by atoms with Crippen molar-refractivity contribution >= 4 is 39.3 Å². The molecule has 3 aliphatic carbocycles. The van der Waals surface area contributed by atoms with E-state index in [1.807, 2.05) is 64.1 Å². The van der Waals surface area contributed by atoms with Crippen molar-refractivity contribution in [1.82, 2.24) is 15.0 Å². The molecule has 0 saturated heterocycles. The van der Waals surface area contributed by atoms with Gasteiger partial charge in [0, 0.05) is 33.9 Å². The summed E-state index contributed by atoms with van der Waals surface area (Å²) in [5.74, 6) is 2.46. The summed E-state index contributed by atoms with van der Waals surface area (Å²) in [5.41, 5.74) is 10.0. The van der Waals surface area contributed by atoms with E-state index in [0.717, 1.165) is 33.7 Å². The van der Waals surface area contributed by atoms with Gasteiger partial charge in [0.05, 0.1) is 40.6 Å². The zero-order chi connectivity index (χ0) is 47.0. The lowest BCUT2D eigenvalue weighted by Gasteiger charge is -2.15. The van der Waals surface area contributed by atoms with Gasteiger partial charge in [0.1, 0.15) is 33.7 Å². The lowest BCUT2D eigenvalue weighted by molar-refractivity contribution is 0.0600. The van der Waals surface area contributed by atoms with Crippen molar-refractivity contribution in [2.75, 3.05) is 35.0 Å². The second kappa shape index (κ2) is 18.1. The standard InChI is InChI=1S/C17H15NO5.C17H17NO3.C16H15NO4/c1-8-14(19)9(2)16-13(15(8)21-3)18-11-6-5-10(17(20)22-4)7-12(11)23-16;1-5-20-12-6-7-13-14(8-12)21-17-11(4)16(19)10(3)9(2)15(17)18-13;1-8-5-6-10-11(7-8)21-14-9(2)13(18)16(20-4)15(19-3)12(14)17-10/h5-7H,1-4H3;6-8H,5H2,1-4H3;5-7H,1-4H3. The third-order valence-electron chi connectivity index (χ3n) is 11.2. The van der Waals surface area contributed by atoms with Gasteiger partial charge in [-0.3, -0.25) is 14.4 Å². The van der Waals surface area contributed by atoms with Crippen molar-refractivity contribution in [1.29, 1.82) is 0 Å². The van der Waals surface area contributed by atoms with Crippen LogP contribution in [0.3, 0.4) is 0 Å². The van der Waals surface area contributed by atoms with E-state index in [2.05, 4.69) is 15.0 Å². The average Bonchev–Trinajstić information content (AvgIpc) is 3.31. The number of rotatable bonds is 6. The van der Waals surface area contributed by atoms with E-state index < -0.39 is 5.97 Å². The molecule has 0 saturated carbocycles. The Morgan fingerprint density at radius 3 is 1.55 bits per heavy atom. The highest BCUT2D eigenvalue weighted by atomic mass is 16.5. The summed E-state index contributed by atoms with van der Waals surface area (Å²) in [7, 11) is 5.71. The summed E-state index contributed by atoms with van der Waals surface area (Å²) >= 11 is 0. The minimum atomic E-state index is -0.468. The molecule has 9 rings (SSSR count). The number of esters is 1. The zero-order valence-corrected chi connectivity index (χ0v) is 38.1. The summed E-state index contributed by atoms with van der Waals surface area (Å²) < 4.78 is 43.6. The maximum absolute atomic E-state index is 12.3. The van der Waals surface area contributed by atoms with E-state index in [1.165, 1.54) is 28.4 Å². The number of methoxy groups -OCH3 is 4. The quantitative estimate of drug-likeness (QED) is 0.113. The minimum Gasteiger partial charge on any atom is -0.494 e. The first kappa shape index (κ1) is 45.2. The first-order chi connectivity index (χ1) is 31.1. The second-order valence-corrected chi connectivity index (χ2v) is 15.2. The molecule has 0 spiro atoms. The van der Waals surface area contributed by atoms with E-state index in [4.69, 9.17) is 36.9 Å². The molecular weight excluding hydrogens is 835 g/mol. The van der Waals surface area contributed by atoms with Gasteiger partial charge in [0.2, 0.25) is 11.2 Å². The fraction of sp³-hybridized carbons (Fsp3) is 0.260. The van der Waals surface area contributed by atoms with E-state index >= 15 is 0 Å². The van der Waals surface area contributed by atoms with Crippen LogP contribution in [0.25, 0.3) is 67.7 Å². The van der Waals surface area contributed by atoms with Crippen LogP contribution in [0.4, 0.5) is 0 Å². The predicted molar refractivity (Wildman–Crippen MR) is 246 cm³/mol. The zero-order valence-electron chi connectivity index (χ0n) is 38.1. The van der Waals surface area contributed by atoms with E-state index in [1.54, 1.807) is 45.9 Å². The van der Waals surface area contributed by atoms with Crippen molar-refractivity contribution in [2.24, 2.45) is 0 Å². The van der Waals surface area contributed by atoms with Gasteiger partial charge in [-0.25, -0.2) is 19.7 Å². The van der Waals surface area contributed by atoms with Crippen LogP contribution in [0.2, 0.25) is 0 Å². The molecule has 0 aromatic heterocycles. The Hall–Kier alpha value is -7.81. The monoisotopic (exact) mass is 881 g/mol. The van der Waals surface area contributed by atoms with Crippen molar-refractivity contribution in [3.8, 4) is 57.4 Å². The average molecular weight is 882 g/mol. The number of ether oxygens (including phenoxy) is 5. The maximum Gasteiger partial charge on any atom is 0.337 e. The topological polar surface area (TPSA) is 193 Å². The van der Waals surface area contributed by atoms with Gasteiger partial charge in [-0.15, -0.1) is 0 Å². The third kappa shape index (κ3) is 8.16. The molecule has 0 atom stereocenters. The van der Waals surface area contributed by atoms with Gasteiger partial charge in [-0.05, 0) is 109 Å². The SMILES string of the molecule is CCOc1ccc2nc3c(C)c(C)c(=O)c(C)c-3oc2c1.COC(=O)c1ccc2nc3c(OC)c(C)c(=O)c(C)c-3oc2c1.COc1c2nc3ccc(C)cc3oc-2c(C)c(=O)c1OC. The van der Waals surface area contributed by atoms with Crippen molar-refractivity contribution in [3.05, 3.63) is 130 Å². The summed E-state index contributed by atoms with van der Waals surface area (Å²) in [5, 5.41) is 0. The number of nitrogens with zero attached hydrogens (tertiary/aromatic N) is 3. The summed E-state index contributed by atoms with van der Waals surface area (Å²) in [6.07, 6.45) is 0. The van der Waals surface area contributed by atoms with Gasteiger partial charge in [0.15, 0.2) is 62.1 Å². The van der Waals surface area contributed by atoms with Gasteiger partial charge in [-0.1, -0.05) is 6.07 Å². The first-order valence-electron chi connectivity index (χ1n) is 20.5. The minimum absolute atomic E-state index is 0.0193. The predicted octanol–water partition coefficient (Wildman–Crippen LogP) is 9.25. The van der Waals surface area contributed by atoms with E-state index in [0.29, 0.717) is 102 Å². The molecule has 15 nitrogen and oxygen atoms in total. The molecule has 0 bridgehead atoms. The molecule has 0 N–H and O–H groups in total. The normalized spacial score (nSPS) is 11.1. The highest BCUT2D eigenvalue weighted by Gasteiger charge is 2.27. The number of aryl methyl sites for hydroxylation is 1. The highest BCUT2D eigenvalue weighted by Crippen LogP contribution is 2.40. The Morgan fingerprint density at radius 2 is 0.985 bits per heavy atom. The molecule has 334 valence electrons. The van der Waals surface area contributed by atoms with Gasteiger partial charge in [-0.2, -0.15) is 0 Å². The third-order valence-corrected chi connectivity index (χ3v) is 11.2. The fourth-order valence-corrected chi connectivity index (χ4v) is 7.47. The molecule has 3 aliphatic heterocycles. The number of aromatic nitrogens is 3. The molecule has 65 heavy (non-hydrogen) atoms. The van der Waals surface area contributed by atoms with Crippen LogP contribution in [0.1, 0.15) is 56.2 Å². The maximum atomic E-state index is 12.3. The molecular formula is C50H47N3O12. The van der Waals surface area contributed by atoms with E-state index in [9.17, 15) is 19.2 Å².